The first-order chi connectivity index (χ1) is 9.93. The third-order valence-electron chi connectivity index (χ3n) is 2.55. The molecule has 0 saturated heterocycles. The second-order valence-electron chi connectivity index (χ2n) is 4.38. The van der Waals surface area contributed by atoms with Crippen molar-refractivity contribution in [3.8, 4) is 5.75 Å². The molecule has 0 aromatic heterocycles. The molecule has 0 spiro atoms. The van der Waals surface area contributed by atoms with E-state index in [9.17, 15) is 18.3 Å². The smallest absolute Gasteiger partial charge is 0.485 e. The van der Waals surface area contributed by atoms with Gasteiger partial charge in [-0.2, -0.15) is 13.2 Å². The molecule has 0 fully saturated rings. The van der Waals surface area contributed by atoms with Gasteiger partial charge in [0.2, 0.25) is 0 Å². The predicted molar refractivity (Wildman–Crippen MR) is 78.8 cm³/mol. The summed E-state index contributed by atoms with van der Waals surface area (Å²) in [6.45, 7) is 0. The van der Waals surface area contributed by atoms with E-state index in [4.69, 9.17) is 13.0 Å². The minimum absolute atomic E-state index is 0.227. The second kappa shape index (κ2) is 6.76. The molecule has 0 unspecified atom stereocenters. The summed E-state index contributed by atoms with van der Waals surface area (Å²) < 4.78 is 58.9. The van der Waals surface area contributed by atoms with E-state index >= 15 is 0 Å². The van der Waals surface area contributed by atoms with Gasteiger partial charge >= 0.3 is 5.51 Å². The van der Waals surface area contributed by atoms with Crippen molar-refractivity contribution in [3.05, 3.63) is 36.4 Å². The molecule has 2 rings (SSSR count). The number of hydrogen-bond donors (Lipinski definition) is 1. The van der Waals surface area contributed by atoms with Crippen molar-refractivity contribution in [1.29, 1.82) is 0 Å². The van der Waals surface area contributed by atoms with Crippen molar-refractivity contribution in [3.63, 3.8) is 0 Å². The molecule has 9 heteroatoms. The number of aromatic hydroxyl groups is 1. The minimum Gasteiger partial charge on any atom is -0.741 e. The Kier molecular flexibility index (Phi) is 5.71. The van der Waals surface area contributed by atoms with E-state index in [0.29, 0.717) is 5.75 Å². The van der Waals surface area contributed by atoms with Crippen LogP contribution < -0.4 is 0 Å². The molecule has 0 saturated carbocycles. The number of alkyl halides is 3. The molecule has 122 valence electrons. The lowest BCUT2D eigenvalue weighted by molar-refractivity contribution is -0.0517. The highest BCUT2D eigenvalue weighted by atomic mass is 32.2. The van der Waals surface area contributed by atoms with Gasteiger partial charge in [0.1, 0.15) is 18.3 Å². The summed E-state index contributed by atoms with van der Waals surface area (Å²) >= 11 is 0. The molecule has 0 atom stereocenters. The largest absolute Gasteiger partial charge is 0.741 e. The Morgan fingerprint density at radius 2 is 1.68 bits per heavy atom. The molecule has 1 N–H and O–H groups in total. The van der Waals surface area contributed by atoms with Crippen molar-refractivity contribution in [2.75, 3.05) is 12.5 Å². The molecule has 2 aromatic rings. The van der Waals surface area contributed by atoms with E-state index in [2.05, 4.69) is 30.7 Å². The maximum absolute atomic E-state index is 10.7. The van der Waals surface area contributed by atoms with Crippen molar-refractivity contribution in [2.24, 2.45) is 0 Å². The fourth-order valence-corrected chi connectivity index (χ4v) is 2.56. The van der Waals surface area contributed by atoms with Crippen molar-refractivity contribution >= 4 is 31.8 Å². The Morgan fingerprint density at radius 3 is 2.14 bits per heavy atom. The molecule has 0 amide bonds. The van der Waals surface area contributed by atoms with Gasteiger partial charge in [-0.3, -0.25) is 0 Å². The highest BCUT2D eigenvalue weighted by Crippen LogP contribution is 2.26. The van der Waals surface area contributed by atoms with E-state index in [1.807, 2.05) is 12.1 Å². The van der Waals surface area contributed by atoms with Crippen molar-refractivity contribution < 1.29 is 31.2 Å². The highest BCUT2D eigenvalue weighted by Gasteiger charge is 2.36. The Hall–Kier alpha value is -1.45. The summed E-state index contributed by atoms with van der Waals surface area (Å²) in [4.78, 5) is 1.32. The first-order valence-electron chi connectivity index (χ1n) is 5.75. The average Bonchev–Trinajstić information content (AvgIpc) is 2.36. The zero-order valence-corrected chi connectivity index (χ0v) is 13.2. The fraction of sp³-hybridized carbons (Fsp3) is 0.231. The van der Waals surface area contributed by atoms with E-state index in [1.54, 1.807) is 6.07 Å². The zero-order chi connectivity index (χ0) is 17.1. The minimum atomic E-state index is -6.09. The Bertz CT molecular complexity index is 755. The van der Waals surface area contributed by atoms with Gasteiger partial charge in [-0.15, -0.1) is 0 Å². The summed E-state index contributed by atoms with van der Waals surface area (Å²) in [6, 6.07) is 11.8. The molecule has 0 aliphatic carbocycles. The van der Waals surface area contributed by atoms with Crippen LogP contribution in [-0.2, 0) is 21.0 Å². The van der Waals surface area contributed by atoms with Crippen LogP contribution in [0.3, 0.4) is 0 Å². The monoisotopic (exact) mass is 354 g/mol. The number of phenolic OH excluding ortho intramolecular Hbond substituents is 1. The molecule has 22 heavy (non-hydrogen) atoms. The van der Waals surface area contributed by atoms with Crippen LogP contribution in [0.15, 0.2) is 41.3 Å². The standard InChI is InChI=1S/C12H12OS.CHF3O3S/c1-14(2)12-5-3-4-9-6-7-10(13)8-11(9)12;2-1(3,4)8(5,6)7/h3-8H,1-2H3;(H,5,6,7). The van der Waals surface area contributed by atoms with Crippen molar-refractivity contribution in [1.82, 2.24) is 0 Å². The maximum atomic E-state index is 10.7. The van der Waals surface area contributed by atoms with Gasteiger partial charge in [0.15, 0.2) is 15.0 Å². The molecule has 0 aliphatic heterocycles. The Labute approximate surface area is 128 Å². The SMILES string of the molecule is C[S+](C)c1cccc2ccc(O)cc12.O=S(=O)([O-])C(F)(F)F. The van der Waals surface area contributed by atoms with E-state index in [1.165, 1.54) is 15.7 Å². The third kappa shape index (κ3) is 4.79. The topological polar surface area (TPSA) is 77.4 Å². The van der Waals surface area contributed by atoms with E-state index in [-0.39, 0.29) is 10.9 Å². The quantitative estimate of drug-likeness (QED) is 0.485. The van der Waals surface area contributed by atoms with Crippen LogP contribution in [0.2, 0.25) is 0 Å². The Morgan fingerprint density at radius 1 is 1.14 bits per heavy atom. The average molecular weight is 354 g/mol. The van der Waals surface area contributed by atoms with Crippen LogP contribution in [-0.4, -0.2) is 36.1 Å². The number of benzene rings is 2. The summed E-state index contributed by atoms with van der Waals surface area (Å²) in [5.41, 5.74) is -5.65. The van der Waals surface area contributed by atoms with Gasteiger partial charge in [-0.05, 0) is 23.6 Å². The van der Waals surface area contributed by atoms with Gasteiger partial charge in [0.05, 0.1) is 0 Å². The number of phenols is 1. The fourth-order valence-electron chi connectivity index (χ4n) is 1.59. The first-order valence-corrected chi connectivity index (χ1v) is 9.20. The zero-order valence-electron chi connectivity index (χ0n) is 11.6. The summed E-state index contributed by atoms with van der Waals surface area (Å²) in [5.74, 6) is 0.343. The van der Waals surface area contributed by atoms with Crippen LogP contribution in [0.25, 0.3) is 10.8 Å². The van der Waals surface area contributed by atoms with Gasteiger partial charge in [0.25, 0.3) is 0 Å². The maximum Gasteiger partial charge on any atom is 0.485 e. The molecule has 0 radical (unpaired) electrons. The molecule has 2 aromatic carbocycles. The van der Waals surface area contributed by atoms with Crippen LogP contribution in [0, 0.1) is 0 Å². The molecular weight excluding hydrogens is 341 g/mol. The number of fused-ring (bicyclic) bond motifs is 1. The molecule has 0 aliphatic rings. The van der Waals surface area contributed by atoms with Crippen LogP contribution >= 0.6 is 0 Å². The van der Waals surface area contributed by atoms with Crippen LogP contribution in [0.4, 0.5) is 13.2 Å². The van der Waals surface area contributed by atoms with E-state index in [0.717, 1.165) is 0 Å². The number of halogens is 3. The van der Waals surface area contributed by atoms with E-state index < -0.39 is 15.6 Å². The molecule has 4 nitrogen and oxygen atoms in total. The Balaban J connectivity index is 0.000000261. The van der Waals surface area contributed by atoms with Crippen LogP contribution in [0.1, 0.15) is 0 Å². The normalized spacial score (nSPS) is 12.1. The van der Waals surface area contributed by atoms with Crippen molar-refractivity contribution in [2.45, 2.75) is 10.4 Å². The van der Waals surface area contributed by atoms with Gasteiger partial charge in [-0.1, -0.05) is 18.2 Å². The van der Waals surface area contributed by atoms with Gasteiger partial charge < -0.3 is 9.66 Å². The highest BCUT2D eigenvalue weighted by molar-refractivity contribution is 7.95. The summed E-state index contributed by atoms with van der Waals surface area (Å²) in [6.07, 6.45) is 4.39. The third-order valence-corrected chi connectivity index (χ3v) is 4.35. The lowest BCUT2D eigenvalue weighted by Crippen LogP contribution is -2.21. The molecule has 0 bridgehead atoms. The van der Waals surface area contributed by atoms with Gasteiger partial charge in [-0.25, -0.2) is 8.42 Å². The molecular formula is C13H13F3O4S2. The lowest BCUT2D eigenvalue weighted by Gasteiger charge is -2.08. The second-order valence-corrected chi connectivity index (χ2v) is 7.82. The lowest BCUT2D eigenvalue weighted by atomic mass is 10.1. The number of hydrogen-bond acceptors (Lipinski definition) is 4. The van der Waals surface area contributed by atoms with Crippen LogP contribution in [0.5, 0.6) is 5.75 Å². The predicted octanol–water partition coefficient (Wildman–Crippen LogP) is 2.83. The number of rotatable bonds is 1. The first kappa shape index (κ1) is 18.6. The molecule has 0 heterocycles. The summed E-state index contributed by atoms with van der Waals surface area (Å²) in [5, 5.41) is 11.8. The van der Waals surface area contributed by atoms with Gasteiger partial charge in [0, 0.05) is 16.3 Å². The summed E-state index contributed by atoms with van der Waals surface area (Å²) in [7, 11) is -5.86.